The zero-order valence-electron chi connectivity index (χ0n) is 23.2. The van der Waals surface area contributed by atoms with E-state index in [1.165, 1.54) is 99.2 Å². The second-order valence-corrected chi connectivity index (χ2v) is 11.3. The van der Waals surface area contributed by atoms with Gasteiger partial charge in [0.1, 0.15) is 18.8 Å². The molecule has 2 aromatic rings. The number of benzene rings is 2. The van der Waals surface area contributed by atoms with Crippen LogP contribution in [0, 0.1) is 0 Å². The molecule has 2 rings (SSSR count). The number of quaternary nitrogens is 2. The van der Waals surface area contributed by atoms with Gasteiger partial charge >= 0.3 is 0 Å². The normalized spacial score (nSPS) is 11.7. The topological polar surface area (TPSA) is 9.23 Å². The highest BCUT2D eigenvalue weighted by Crippen LogP contribution is 2.21. The zero-order valence-corrected chi connectivity index (χ0v) is 26.4. The van der Waals surface area contributed by atoms with E-state index >= 15 is 0 Å². The highest BCUT2D eigenvalue weighted by molar-refractivity contribution is 5.83. The smallest absolute Gasteiger partial charge is 0.128 e. The quantitative estimate of drug-likeness (QED) is 0.182. The Balaban J connectivity index is 0.00000578. The van der Waals surface area contributed by atoms with Crippen molar-refractivity contribution >= 4 is 10.8 Å². The molecule has 0 aliphatic rings. The Morgan fingerprint density at radius 2 is 1.09 bits per heavy atom. The third-order valence-electron chi connectivity index (χ3n) is 7.31. The minimum Gasteiger partial charge on any atom is -1.00 e. The first-order chi connectivity index (χ1) is 15.8. The monoisotopic (exact) mass is 614 g/mol. The standard InChI is InChI=1S/C30H52N2O.2BrH/c1-6-31(2,3)24-25-32(4,5)23-17-13-11-9-7-8-10-12-14-18-26-33-30-22-21-28-19-15-16-20-29(28)27-30;;/h15-16,19-22,27H,6-14,17-18,23-26H2,1-5H3;2*1H/q+2;;/p-2. The summed E-state index contributed by atoms with van der Waals surface area (Å²) in [5, 5.41) is 2.53. The van der Waals surface area contributed by atoms with Gasteiger partial charge in [0.05, 0.1) is 47.9 Å². The summed E-state index contributed by atoms with van der Waals surface area (Å²) in [5.41, 5.74) is 0. The van der Waals surface area contributed by atoms with Gasteiger partial charge in [-0.1, -0.05) is 75.3 Å². The second-order valence-electron chi connectivity index (χ2n) is 11.3. The van der Waals surface area contributed by atoms with E-state index in [1.54, 1.807) is 0 Å². The Kier molecular flexibility index (Phi) is 18.3. The van der Waals surface area contributed by atoms with Crippen molar-refractivity contribution in [2.45, 2.75) is 71.1 Å². The molecule has 0 aliphatic carbocycles. The number of unbranched alkanes of at least 4 members (excludes halogenated alkanes) is 9. The van der Waals surface area contributed by atoms with E-state index in [0.29, 0.717) is 0 Å². The van der Waals surface area contributed by atoms with Gasteiger partial charge in [0.25, 0.3) is 0 Å². The summed E-state index contributed by atoms with van der Waals surface area (Å²) in [6.07, 6.45) is 13.6. The summed E-state index contributed by atoms with van der Waals surface area (Å²) < 4.78 is 8.27. The van der Waals surface area contributed by atoms with Crippen molar-refractivity contribution in [1.29, 1.82) is 0 Å². The number of hydrogen-bond donors (Lipinski definition) is 0. The number of hydrogen-bond acceptors (Lipinski definition) is 1. The van der Waals surface area contributed by atoms with Gasteiger partial charge < -0.3 is 47.7 Å². The van der Waals surface area contributed by atoms with Gasteiger partial charge in [0.15, 0.2) is 0 Å². The van der Waals surface area contributed by atoms with Crippen LogP contribution in [0.3, 0.4) is 0 Å². The molecule has 0 saturated carbocycles. The van der Waals surface area contributed by atoms with Gasteiger partial charge in [-0.3, -0.25) is 0 Å². The molecule has 0 unspecified atom stereocenters. The molecule has 5 heteroatoms. The molecule has 0 fully saturated rings. The summed E-state index contributed by atoms with van der Waals surface area (Å²) in [7, 11) is 9.50. The lowest BCUT2D eigenvalue weighted by atomic mass is 10.1. The molecule has 0 atom stereocenters. The molecular weight excluding hydrogens is 564 g/mol. The lowest BCUT2D eigenvalue weighted by Crippen LogP contribution is -3.00. The maximum absolute atomic E-state index is 5.96. The third-order valence-corrected chi connectivity index (χ3v) is 7.31. The van der Waals surface area contributed by atoms with Gasteiger partial charge in [-0.25, -0.2) is 0 Å². The van der Waals surface area contributed by atoms with Crippen LogP contribution in [0.5, 0.6) is 5.75 Å². The van der Waals surface area contributed by atoms with Crippen LogP contribution in [0.4, 0.5) is 0 Å². The molecule has 0 saturated heterocycles. The molecule has 0 amide bonds. The average molecular weight is 617 g/mol. The van der Waals surface area contributed by atoms with Crippen LogP contribution >= 0.6 is 0 Å². The van der Waals surface area contributed by atoms with Crippen LogP contribution in [0.15, 0.2) is 42.5 Å². The van der Waals surface area contributed by atoms with Crippen molar-refractivity contribution in [3.63, 3.8) is 0 Å². The summed E-state index contributed by atoms with van der Waals surface area (Å²) in [5.74, 6) is 1.000. The highest BCUT2D eigenvalue weighted by atomic mass is 79.9. The molecule has 0 bridgehead atoms. The Hall–Kier alpha value is -0.620. The van der Waals surface area contributed by atoms with Gasteiger partial charge in [-0.15, -0.1) is 0 Å². The van der Waals surface area contributed by atoms with Crippen molar-refractivity contribution < 1.29 is 47.7 Å². The van der Waals surface area contributed by atoms with E-state index in [2.05, 4.69) is 77.6 Å². The Morgan fingerprint density at radius 3 is 1.69 bits per heavy atom. The van der Waals surface area contributed by atoms with Gasteiger partial charge in [-0.05, 0) is 49.1 Å². The first-order valence-electron chi connectivity index (χ1n) is 13.6. The second kappa shape index (κ2) is 18.6. The number of halogens is 2. The van der Waals surface area contributed by atoms with E-state index in [4.69, 9.17) is 4.74 Å². The number of likely N-dealkylation sites (N-methyl/N-ethyl adjacent to an activating group) is 2. The molecule has 202 valence electrons. The molecule has 0 N–H and O–H groups in total. The summed E-state index contributed by atoms with van der Waals surface area (Å²) in [6, 6.07) is 14.9. The maximum Gasteiger partial charge on any atom is 0.128 e. The van der Waals surface area contributed by atoms with Crippen molar-refractivity contribution in [2.75, 3.05) is 61.0 Å². The molecule has 3 nitrogen and oxygen atoms in total. The minimum absolute atomic E-state index is 0. The first kappa shape index (κ1) is 34.4. The highest BCUT2D eigenvalue weighted by Gasteiger charge is 2.20. The maximum atomic E-state index is 5.96. The summed E-state index contributed by atoms with van der Waals surface area (Å²) >= 11 is 0. The Labute approximate surface area is 237 Å². The first-order valence-corrected chi connectivity index (χ1v) is 13.6. The van der Waals surface area contributed by atoms with Crippen molar-refractivity contribution in [2.24, 2.45) is 0 Å². The van der Waals surface area contributed by atoms with E-state index in [-0.39, 0.29) is 34.0 Å². The largest absolute Gasteiger partial charge is 1.00 e. The van der Waals surface area contributed by atoms with E-state index in [1.807, 2.05) is 0 Å². The zero-order chi connectivity index (χ0) is 24.0. The fraction of sp³-hybridized carbons (Fsp3) is 0.667. The Bertz CT molecular complexity index is 795. The third kappa shape index (κ3) is 15.3. The fourth-order valence-corrected chi connectivity index (χ4v) is 4.31. The summed E-state index contributed by atoms with van der Waals surface area (Å²) in [6.45, 7) is 8.24. The average Bonchev–Trinajstić information content (AvgIpc) is 2.81. The van der Waals surface area contributed by atoms with Gasteiger partial charge in [-0.2, -0.15) is 0 Å². The van der Waals surface area contributed by atoms with E-state index in [0.717, 1.165) is 23.3 Å². The summed E-state index contributed by atoms with van der Waals surface area (Å²) in [4.78, 5) is 0. The number of nitrogens with zero attached hydrogens (tertiary/aromatic N) is 2. The molecule has 2 aromatic carbocycles. The molecule has 0 radical (unpaired) electrons. The van der Waals surface area contributed by atoms with Crippen LogP contribution in [-0.4, -0.2) is 69.9 Å². The SMILES string of the molecule is CC[N+](C)(C)CC[N+](C)(C)CCCCCCCCCCCCOc1ccc2ccccc2c1.[Br-].[Br-]. The predicted molar refractivity (Wildman–Crippen MR) is 145 cm³/mol. The van der Waals surface area contributed by atoms with Crippen molar-refractivity contribution in [3.8, 4) is 5.75 Å². The molecular formula is C30H52Br2N2O. The van der Waals surface area contributed by atoms with Crippen LogP contribution in [-0.2, 0) is 0 Å². The Morgan fingerprint density at radius 1 is 0.571 bits per heavy atom. The molecule has 0 heterocycles. The van der Waals surface area contributed by atoms with Gasteiger partial charge in [0.2, 0.25) is 0 Å². The van der Waals surface area contributed by atoms with Crippen molar-refractivity contribution in [1.82, 2.24) is 0 Å². The minimum atomic E-state index is 0. The molecule has 35 heavy (non-hydrogen) atoms. The molecule has 0 aliphatic heterocycles. The lowest BCUT2D eigenvalue weighted by Gasteiger charge is -2.35. The van der Waals surface area contributed by atoms with Crippen LogP contribution in [0.2, 0.25) is 0 Å². The van der Waals surface area contributed by atoms with Crippen LogP contribution < -0.4 is 38.7 Å². The van der Waals surface area contributed by atoms with Crippen molar-refractivity contribution in [3.05, 3.63) is 42.5 Å². The molecule has 0 spiro atoms. The van der Waals surface area contributed by atoms with E-state index < -0.39 is 0 Å². The van der Waals surface area contributed by atoms with E-state index in [9.17, 15) is 0 Å². The number of fused-ring (bicyclic) bond motifs is 1. The molecule has 0 aromatic heterocycles. The van der Waals surface area contributed by atoms with Crippen LogP contribution in [0.1, 0.15) is 71.1 Å². The van der Waals surface area contributed by atoms with Gasteiger partial charge in [0, 0.05) is 0 Å². The fourth-order valence-electron chi connectivity index (χ4n) is 4.31. The number of ether oxygens (including phenoxy) is 1. The predicted octanol–water partition coefficient (Wildman–Crippen LogP) is 1.30. The van der Waals surface area contributed by atoms with Crippen LogP contribution in [0.25, 0.3) is 10.8 Å². The number of rotatable bonds is 18. The lowest BCUT2D eigenvalue weighted by molar-refractivity contribution is -0.945.